The molecule has 2 amide bonds. The Morgan fingerprint density at radius 3 is 2.63 bits per heavy atom. The van der Waals surface area contributed by atoms with E-state index >= 15 is 0 Å². The van der Waals surface area contributed by atoms with Crippen molar-refractivity contribution in [3.63, 3.8) is 0 Å². The number of rotatable bonds is 5. The molecule has 1 aromatic carbocycles. The van der Waals surface area contributed by atoms with Crippen molar-refractivity contribution in [2.45, 2.75) is 45.2 Å². The third-order valence-electron chi connectivity index (χ3n) is 6.22. The first-order chi connectivity index (χ1) is 12.9. The second-order valence-electron chi connectivity index (χ2n) is 7.92. The summed E-state index contributed by atoms with van der Waals surface area (Å²) in [4.78, 5) is 36.9. The predicted molar refractivity (Wildman–Crippen MR) is 101 cm³/mol. The molecule has 1 heterocycles. The molecule has 1 aromatic heterocycles. The highest BCUT2D eigenvalue weighted by molar-refractivity contribution is 6.04. The first-order valence-corrected chi connectivity index (χ1v) is 9.53. The van der Waals surface area contributed by atoms with Crippen molar-refractivity contribution in [1.82, 2.24) is 15.1 Å². The lowest BCUT2D eigenvalue weighted by Crippen LogP contribution is -2.43. The molecule has 3 N–H and O–H groups in total. The number of carbonyl (C=O) groups excluding carboxylic acids is 2. The molecule has 27 heavy (non-hydrogen) atoms. The first kappa shape index (κ1) is 17.7. The molecule has 0 saturated heterocycles. The molecule has 4 rings (SSSR count). The largest absolute Gasteiger partial charge is 0.364 e. The van der Waals surface area contributed by atoms with Gasteiger partial charge in [0, 0.05) is 11.4 Å². The van der Waals surface area contributed by atoms with E-state index in [1.54, 1.807) is 24.3 Å². The van der Waals surface area contributed by atoms with E-state index in [0.29, 0.717) is 22.6 Å². The van der Waals surface area contributed by atoms with Gasteiger partial charge in [0.1, 0.15) is 6.54 Å². The Labute approximate surface area is 156 Å². The van der Waals surface area contributed by atoms with E-state index in [1.165, 1.54) is 25.7 Å². The van der Waals surface area contributed by atoms with Crippen LogP contribution in [0.5, 0.6) is 0 Å². The summed E-state index contributed by atoms with van der Waals surface area (Å²) < 4.78 is 1.03. The molecule has 2 aromatic rings. The molecule has 7 nitrogen and oxygen atoms in total. The number of carbonyl (C=O) groups is 2. The quantitative estimate of drug-likeness (QED) is 0.832. The first-order valence-electron chi connectivity index (χ1n) is 9.53. The molecule has 0 radical (unpaired) electrons. The molecule has 142 valence electrons. The van der Waals surface area contributed by atoms with Gasteiger partial charge >= 0.3 is 0 Å². The van der Waals surface area contributed by atoms with Gasteiger partial charge in [0.15, 0.2) is 5.69 Å². The third kappa shape index (κ3) is 3.22. The van der Waals surface area contributed by atoms with Crippen molar-refractivity contribution >= 4 is 22.6 Å². The normalized spacial score (nSPS) is 24.9. The second kappa shape index (κ2) is 6.79. The lowest BCUT2D eigenvalue weighted by molar-refractivity contribution is -0.123. The van der Waals surface area contributed by atoms with E-state index in [0.717, 1.165) is 10.6 Å². The van der Waals surface area contributed by atoms with Gasteiger partial charge < -0.3 is 11.1 Å². The molecular formula is C20H24N4O3. The molecular weight excluding hydrogens is 344 g/mol. The van der Waals surface area contributed by atoms with Crippen LogP contribution in [0.1, 0.15) is 43.1 Å². The van der Waals surface area contributed by atoms with Crippen molar-refractivity contribution < 1.29 is 9.59 Å². The van der Waals surface area contributed by atoms with E-state index in [4.69, 9.17) is 5.73 Å². The monoisotopic (exact) mass is 368 g/mol. The highest BCUT2D eigenvalue weighted by Gasteiger charge is 2.42. The van der Waals surface area contributed by atoms with Gasteiger partial charge in [0.05, 0.1) is 5.39 Å². The number of aromatic nitrogens is 2. The fourth-order valence-corrected chi connectivity index (χ4v) is 4.97. The predicted octanol–water partition coefficient (Wildman–Crippen LogP) is 1.44. The highest BCUT2D eigenvalue weighted by Crippen LogP contribution is 2.49. The van der Waals surface area contributed by atoms with Gasteiger partial charge in [-0.05, 0) is 50.0 Å². The summed E-state index contributed by atoms with van der Waals surface area (Å²) in [6.07, 6.45) is 5.02. The second-order valence-corrected chi connectivity index (χ2v) is 7.92. The smallest absolute Gasteiger partial charge is 0.275 e. The topological polar surface area (TPSA) is 107 Å². The van der Waals surface area contributed by atoms with Gasteiger partial charge in [-0.3, -0.25) is 14.4 Å². The number of nitrogens with zero attached hydrogens (tertiary/aromatic N) is 2. The molecule has 0 unspecified atom stereocenters. The number of benzene rings is 1. The number of fused-ring (bicyclic) bond motifs is 3. The van der Waals surface area contributed by atoms with Crippen LogP contribution in [-0.4, -0.2) is 27.6 Å². The van der Waals surface area contributed by atoms with E-state index in [-0.39, 0.29) is 24.2 Å². The summed E-state index contributed by atoms with van der Waals surface area (Å²) in [5.74, 6) is 1.02. The third-order valence-corrected chi connectivity index (χ3v) is 6.22. The molecule has 2 fully saturated rings. The fourth-order valence-electron chi connectivity index (χ4n) is 4.97. The Kier molecular flexibility index (Phi) is 4.45. The van der Waals surface area contributed by atoms with Crippen LogP contribution in [0.2, 0.25) is 0 Å². The summed E-state index contributed by atoms with van der Waals surface area (Å²) in [7, 11) is 0. The SMILES string of the molecule is C[C@H](NC(=O)Cn1nc(C(N)=O)c2ccccc2c1=O)[C@@H]1C[C@H]2CC[C@H]1C2. The Hall–Kier alpha value is -2.70. The van der Waals surface area contributed by atoms with E-state index in [1.807, 2.05) is 6.92 Å². The maximum absolute atomic E-state index is 12.7. The van der Waals surface area contributed by atoms with Crippen LogP contribution in [-0.2, 0) is 11.3 Å². The van der Waals surface area contributed by atoms with Crippen LogP contribution in [0.4, 0.5) is 0 Å². The van der Waals surface area contributed by atoms with Crippen molar-refractivity contribution in [2.75, 3.05) is 0 Å². The van der Waals surface area contributed by atoms with Crippen molar-refractivity contribution in [1.29, 1.82) is 0 Å². The number of primary amides is 1. The lowest BCUT2D eigenvalue weighted by atomic mass is 9.84. The van der Waals surface area contributed by atoms with Crippen molar-refractivity contribution in [3.05, 3.63) is 40.3 Å². The average Bonchev–Trinajstić information content (AvgIpc) is 3.27. The Bertz CT molecular complexity index is 967. The minimum atomic E-state index is -0.726. The number of amides is 2. The van der Waals surface area contributed by atoms with E-state index in [9.17, 15) is 14.4 Å². The summed E-state index contributed by atoms with van der Waals surface area (Å²) in [5, 5.41) is 7.81. The number of nitrogens with one attached hydrogen (secondary N) is 1. The molecule has 0 aliphatic heterocycles. The van der Waals surface area contributed by atoms with Crippen LogP contribution in [0.25, 0.3) is 10.8 Å². The molecule has 2 aliphatic rings. The minimum Gasteiger partial charge on any atom is -0.364 e. The van der Waals surface area contributed by atoms with E-state index in [2.05, 4.69) is 10.4 Å². The van der Waals surface area contributed by atoms with Crippen LogP contribution < -0.4 is 16.6 Å². The summed E-state index contributed by atoms with van der Waals surface area (Å²) >= 11 is 0. The zero-order valence-electron chi connectivity index (χ0n) is 15.4. The zero-order chi connectivity index (χ0) is 19.1. The molecule has 0 spiro atoms. The summed E-state index contributed by atoms with van der Waals surface area (Å²) in [5.41, 5.74) is 5.01. The van der Waals surface area contributed by atoms with Crippen LogP contribution in [0, 0.1) is 17.8 Å². The van der Waals surface area contributed by atoms with Crippen LogP contribution >= 0.6 is 0 Å². The van der Waals surface area contributed by atoms with Gasteiger partial charge in [0.25, 0.3) is 11.5 Å². The Morgan fingerprint density at radius 1 is 1.26 bits per heavy atom. The maximum atomic E-state index is 12.7. The van der Waals surface area contributed by atoms with Crippen molar-refractivity contribution in [3.8, 4) is 0 Å². The summed E-state index contributed by atoms with van der Waals surface area (Å²) in [6.45, 7) is 1.81. The van der Waals surface area contributed by atoms with Crippen LogP contribution in [0.3, 0.4) is 0 Å². The van der Waals surface area contributed by atoms with Gasteiger partial charge in [-0.15, -0.1) is 0 Å². The molecule has 4 atom stereocenters. The fraction of sp³-hybridized carbons (Fsp3) is 0.500. The number of hydrogen-bond donors (Lipinski definition) is 2. The van der Waals surface area contributed by atoms with Gasteiger partial charge in [0.2, 0.25) is 5.91 Å². The number of nitrogens with two attached hydrogens (primary N) is 1. The summed E-state index contributed by atoms with van der Waals surface area (Å²) in [6, 6.07) is 6.73. The van der Waals surface area contributed by atoms with Crippen molar-refractivity contribution in [2.24, 2.45) is 23.5 Å². The molecule has 2 saturated carbocycles. The highest BCUT2D eigenvalue weighted by atomic mass is 16.2. The molecule has 7 heteroatoms. The average molecular weight is 368 g/mol. The maximum Gasteiger partial charge on any atom is 0.275 e. The zero-order valence-corrected chi connectivity index (χ0v) is 15.4. The van der Waals surface area contributed by atoms with Crippen LogP contribution in [0.15, 0.2) is 29.1 Å². The number of hydrogen-bond acceptors (Lipinski definition) is 4. The van der Waals surface area contributed by atoms with Gasteiger partial charge in [-0.1, -0.05) is 24.6 Å². The van der Waals surface area contributed by atoms with E-state index < -0.39 is 11.5 Å². The van der Waals surface area contributed by atoms with Gasteiger partial charge in [-0.2, -0.15) is 5.10 Å². The minimum absolute atomic E-state index is 0.000786. The lowest BCUT2D eigenvalue weighted by Gasteiger charge is -2.28. The Balaban J connectivity index is 1.54. The standard InChI is InChI=1S/C20H24N4O3/c1-11(16-9-12-6-7-13(16)8-12)22-17(25)10-24-20(27)15-5-3-2-4-14(15)18(23-24)19(21)26/h2-5,11-13,16H,6-10H2,1H3,(H2,21,26)(H,22,25)/t11-,12-,13-,16-/m0/s1. The molecule has 2 bridgehead atoms. The molecule has 2 aliphatic carbocycles. The Morgan fingerprint density at radius 2 is 2.00 bits per heavy atom. The van der Waals surface area contributed by atoms with Gasteiger partial charge in [-0.25, -0.2) is 4.68 Å².